The van der Waals surface area contributed by atoms with E-state index in [0.29, 0.717) is 30.0 Å². The van der Waals surface area contributed by atoms with Crippen molar-refractivity contribution in [3.8, 4) is 11.5 Å². The van der Waals surface area contributed by atoms with E-state index in [1.165, 1.54) is 4.90 Å². The first-order valence-electron chi connectivity index (χ1n) is 13.0. The largest absolute Gasteiger partial charge is 0.507 e. The molecule has 0 radical (unpaired) electrons. The number of rotatable bonds is 5. The second kappa shape index (κ2) is 9.67. The van der Waals surface area contributed by atoms with Crippen molar-refractivity contribution >= 4 is 23.1 Å². The maximum atomic E-state index is 13.5. The smallest absolute Gasteiger partial charge is 0.300 e. The molecule has 6 heteroatoms. The summed E-state index contributed by atoms with van der Waals surface area (Å²) in [6, 6.07) is 19.6. The number of hydrogen-bond donors (Lipinski definition) is 1. The molecule has 0 bridgehead atoms. The summed E-state index contributed by atoms with van der Waals surface area (Å²) in [5.74, 6) is -0.138. The van der Waals surface area contributed by atoms with Crippen LogP contribution < -0.4 is 14.4 Å². The molecule has 0 spiro atoms. The first-order chi connectivity index (χ1) is 18.1. The van der Waals surface area contributed by atoms with Crippen molar-refractivity contribution in [2.24, 2.45) is 0 Å². The van der Waals surface area contributed by atoms with Crippen LogP contribution in [0.5, 0.6) is 11.5 Å². The Morgan fingerprint density at radius 1 is 1.03 bits per heavy atom. The van der Waals surface area contributed by atoms with E-state index in [1.807, 2.05) is 50.2 Å². The van der Waals surface area contributed by atoms with Crippen LogP contribution in [0.1, 0.15) is 62.9 Å². The third kappa shape index (κ3) is 4.55. The molecule has 1 N–H and O–H groups in total. The van der Waals surface area contributed by atoms with E-state index >= 15 is 0 Å². The van der Waals surface area contributed by atoms with Crippen molar-refractivity contribution in [3.05, 3.63) is 94.6 Å². The molecule has 2 unspecified atom stereocenters. The standard InChI is InChI=1S/C32H33NO5/c1-6-37-25-14-12-24(13-15-25)33-28(20-7-10-23(11-8-20)32(3,4)5)27(30(35)31(33)36)29(34)21-9-16-26-22(18-21)17-19(2)38-26/h7-16,18-19,28,34H,6,17H2,1-5H3/b29-27-. The normalized spacial score (nSPS) is 20.4. The number of carbonyl (C=O) groups is 2. The number of benzene rings is 3. The van der Waals surface area contributed by atoms with E-state index in [-0.39, 0.29) is 22.9 Å². The van der Waals surface area contributed by atoms with Crippen LogP contribution in [0.4, 0.5) is 5.69 Å². The second-order valence-electron chi connectivity index (χ2n) is 10.9. The highest BCUT2D eigenvalue weighted by molar-refractivity contribution is 6.51. The summed E-state index contributed by atoms with van der Waals surface area (Å²) in [4.78, 5) is 28.5. The molecule has 3 aromatic rings. The maximum absolute atomic E-state index is 13.5. The minimum absolute atomic E-state index is 0.0500. The van der Waals surface area contributed by atoms with Crippen LogP contribution in [0.15, 0.2) is 72.3 Å². The van der Waals surface area contributed by atoms with Gasteiger partial charge in [-0.25, -0.2) is 0 Å². The first kappa shape index (κ1) is 25.6. The summed E-state index contributed by atoms with van der Waals surface area (Å²) < 4.78 is 11.4. The number of amides is 1. The van der Waals surface area contributed by atoms with Gasteiger partial charge in [0.15, 0.2) is 0 Å². The lowest BCUT2D eigenvalue weighted by molar-refractivity contribution is -0.132. The van der Waals surface area contributed by atoms with Gasteiger partial charge in [0.05, 0.1) is 18.2 Å². The average Bonchev–Trinajstić information content (AvgIpc) is 3.39. The number of ketones is 1. The Bertz CT molecular complexity index is 1410. The van der Waals surface area contributed by atoms with Crippen LogP contribution in [-0.2, 0) is 21.4 Å². The number of Topliss-reactive ketones (excluding diaryl/α,β-unsaturated/α-hetero) is 1. The third-order valence-electron chi connectivity index (χ3n) is 7.13. The van der Waals surface area contributed by atoms with E-state index in [9.17, 15) is 14.7 Å². The number of aliphatic hydroxyl groups is 1. The summed E-state index contributed by atoms with van der Waals surface area (Å²) in [7, 11) is 0. The minimum Gasteiger partial charge on any atom is -0.507 e. The predicted octanol–water partition coefficient (Wildman–Crippen LogP) is 6.33. The molecular weight excluding hydrogens is 478 g/mol. The van der Waals surface area contributed by atoms with Crippen molar-refractivity contribution in [1.82, 2.24) is 0 Å². The summed E-state index contributed by atoms with van der Waals surface area (Å²) in [5.41, 5.74) is 3.89. The van der Waals surface area contributed by atoms with Crippen LogP contribution in [0, 0.1) is 0 Å². The van der Waals surface area contributed by atoms with Crippen LogP contribution in [0.2, 0.25) is 0 Å². The first-order valence-corrected chi connectivity index (χ1v) is 13.0. The third-order valence-corrected chi connectivity index (χ3v) is 7.13. The Morgan fingerprint density at radius 3 is 2.34 bits per heavy atom. The van der Waals surface area contributed by atoms with Gasteiger partial charge in [-0.1, -0.05) is 45.0 Å². The number of fused-ring (bicyclic) bond motifs is 1. The van der Waals surface area contributed by atoms with Crippen LogP contribution >= 0.6 is 0 Å². The molecule has 6 nitrogen and oxygen atoms in total. The lowest BCUT2D eigenvalue weighted by Gasteiger charge is -2.27. The van der Waals surface area contributed by atoms with Gasteiger partial charge in [0, 0.05) is 17.7 Å². The fourth-order valence-electron chi connectivity index (χ4n) is 5.17. The Kier molecular flexibility index (Phi) is 6.51. The number of aliphatic hydroxyl groups excluding tert-OH is 1. The van der Waals surface area contributed by atoms with E-state index in [2.05, 4.69) is 20.8 Å². The average molecular weight is 512 g/mol. The molecule has 0 saturated carbocycles. The van der Waals surface area contributed by atoms with Gasteiger partial charge in [0.1, 0.15) is 23.4 Å². The molecule has 2 aliphatic rings. The van der Waals surface area contributed by atoms with Crippen molar-refractivity contribution in [2.45, 2.75) is 58.6 Å². The molecule has 0 aliphatic carbocycles. The van der Waals surface area contributed by atoms with Gasteiger partial charge < -0.3 is 14.6 Å². The molecule has 2 aliphatic heterocycles. The van der Waals surface area contributed by atoms with Crippen molar-refractivity contribution in [2.75, 3.05) is 11.5 Å². The zero-order chi connectivity index (χ0) is 27.2. The molecule has 38 heavy (non-hydrogen) atoms. The summed E-state index contributed by atoms with van der Waals surface area (Å²) >= 11 is 0. The second-order valence-corrected chi connectivity index (χ2v) is 10.9. The molecule has 5 rings (SSSR count). The van der Waals surface area contributed by atoms with Crippen LogP contribution in [0.25, 0.3) is 5.76 Å². The molecule has 0 aromatic heterocycles. The van der Waals surface area contributed by atoms with Crippen LogP contribution in [0.3, 0.4) is 0 Å². The Morgan fingerprint density at radius 2 is 1.71 bits per heavy atom. The van der Waals surface area contributed by atoms with Crippen molar-refractivity contribution in [1.29, 1.82) is 0 Å². The number of carbonyl (C=O) groups excluding carboxylic acids is 2. The molecule has 3 aromatic carbocycles. The van der Waals surface area contributed by atoms with Crippen LogP contribution in [-0.4, -0.2) is 29.5 Å². The number of hydrogen-bond acceptors (Lipinski definition) is 5. The number of anilines is 1. The molecule has 1 amide bonds. The minimum atomic E-state index is -0.787. The highest BCUT2D eigenvalue weighted by Crippen LogP contribution is 2.43. The topological polar surface area (TPSA) is 76.1 Å². The van der Waals surface area contributed by atoms with Crippen molar-refractivity contribution in [3.63, 3.8) is 0 Å². The number of nitrogens with zero attached hydrogens (tertiary/aromatic N) is 1. The Labute approximate surface area is 223 Å². The summed E-state index contributed by atoms with van der Waals surface area (Å²) in [6.45, 7) is 10.8. The van der Waals surface area contributed by atoms with Gasteiger partial charge in [-0.2, -0.15) is 0 Å². The summed E-state index contributed by atoms with van der Waals surface area (Å²) in [5, 5.41) is 11.5. The fourth-order valence-corrected chi connectivity index (χ4v) is 5.17. The van der Waals surface area contributed by atoms with E-state index in [1.54, 1.807) is 30.3 Å². The lowest BCUT2D eigenvalue weighted by atomic mass is 9.85. The van der Waals surface area contributed by atoms with E-state index in [0.717, 1.165) is 22.4 Å². The highest BCUT2D eigenvalue weighted by Gasteiger charge is 2.47. The molecule has 196 valence electrons. The fraction of sp³-hybridized carbons (Fsp3) is 0.312. The molecule has 2 heterocycles. The molecule has 2 atom stereocenters. The van der Waals surface area contributed by atoms with Gasteiger partial charge in [-0.15, -0.1) is 0 Å². The lowest BCUT2D eigenvalue weighted by Crippen LogP contribution is -2.29. The molecule has 1 fully saturated rings. The maximum Gasteiger partial charge on any atom is 0.300 e. The molecular formula is C32H33NO5. The number of ether oxygens (including phenoxy) is 2. The predicted molar refractivity (Wildman–Crippen MR) is 148 cm³/mol. The van der Waals surface area contributed by atoms with Gasteiger partial charge in [-0.3, -0.25) is 14.5 Å². The highest BCUT2D eigenvalue weighted by atomic mass is 16.5. The monoisotopic (exact) mass is 511 g/mol. The van der Waals surface area contributed by atoms with Gasteiger partial charge in [0.2, 0.25) is 0 Å². The van der Waals surface area contributed by atoms with E-state index in [4.69, 9.17) is 9.47 Å². The Hall–Kier alpha value is -4.06. The zero-order valence-electron chi connectivity index (χ0n) is 22.4. The molecule has 1 saturated heterocycles. The van der Waals surface area contributed by atoms with Gasteiger partial charge >= 0.3 is 0 Å². The zero-order valence-corrected chi connectivity index (χ0v) is 22.4. The quantitative estimate of drug-likeness (QED) is 0.246. The van der Waals surface area contributed by atoms with Crippen molar-refractivity contribution < 1.29 is 24.2 Å². The van der Waals surface area contributed by atoms with E-state index < -0.39 is 17.7 Å². The summed E-state index contributed by atoms with van der Waals surface area (Å²) in [6.07, 6.45) is 0.767. The Balaban J connectivity index is 1.65. The van der Waals surface area contributed by atoms with Gasteiger partial charge in [-0.05, 0) is 78.4 Å². The van der Waals surface area contributed by atoms with Gasteiger partial charge in [0.25, 0.3) is 11.7 Å². The SMILES string of the molecule is CCOc1ccc(N2C(=O)C(=O)/C(=C(\O)c3ccc4c(c3)CC(C)O4)C2c2ccc(C(C)(C)C)cc2)cc1.